The van der Waals surface area contributed by atoms with Crippen LogP contribution >= 0.6 is 0 Å². The lowest BCUT2D eigenvalue weighted by Crippen LogP contribution is -2.48. The maximum Gasteiger partial charge on any atom is 0.267 e. The second-order valence-electron chi connectivity index (χ2n) is 8.64. The number of rotatable bonds is 6. The van der Waals surface area contributed by atoms with Crippen LogP contribution in [-0.2, 0) is 21.2 Å². The normalized spacial score (nSPS) is 15.0. The van der Waals surface area contributed by atoms with Gasteiger partial charge in [0, 0.05) is 18.1 Å². The zero-order valence-electron chi connectivity index (χ0n) is 19.7. The van der Waals surface area contributed by atoms with Crippen molar-refractivity contribution in [1.29, 1.82) is 0 Å². The van der Waals surface area contributed by atoms with Gasteiger partial charge < -0.3 is 10.1 Å². The first-order valence-electron chi connectivity index (χ1n) is 11.5. The van der Waals surface area contributed by atoms with Crippen LogP contribution in [0.2, 0.25) is 0 Å². The molecule has 0 saturated heterocycles. The molecule has 0 spiro atoms. The molecule has 1 aliphatic heterocycles. The van der Waals surface area contributed by atoms with Crippen molar-refractivity contribution in [3.63, 3.8) is 0 Å². The molecule has 36 heavy (non-hydrogen) atoms. The number of aryl methyl sites for hydroxylation is 1. The molecule has 3 aromatic carbocycles. The van der Waals surface area contributed by atoms with E-state index in [2.05, 4.69) is 10.3 Å². The van der Waals surface area contributed by atoms with Gasteiger partial charge in [-0.2, -0.15) is 0 Å². The summed E-state index contributed by atoms with van der Waals surface area (Å²) in [7, 11) is -3.90. The van der Waals surface area contributed by atoms with Gasteiger partial charge in [-0.15, -0.1) is 0 Å². The van der Waals surface area contributed by atoms with Gasteiger partial charge in [-0.25, -0.2) is 8.42 Å². The first kappa shape index (κ1) is 23.6. The summed E-state index contributed by atoms with van der Waals surface area (Å²) >= 11 is 0. The zero-order valence-corrected chi connectivity index (χ0v) is 20.5. The molecule has 0 aliphatic carbocycles. The molecule has 1 amide bonds. The highest BCUT2D eigenvalue weighted by molar-refractivity contribution is 7.92. The molecule has 1 N–H and O–H groups in total. The fourth-order valence-electron chi connectivity index (χ4n) is 4.07. The van der Waals surface area contributed by atoms with E-state index in [1.807, 2.05) is 43.3 Å². The van der Waals surface area contributed by atoms with E-state index in [1.54, 1.807) is 60.9 Å². The Balaban J connectivity index is 1.34. The summed E-state index contributed by atoms with van der Waals surface area (Å²) in [6.07, 6.45) is 3.26. The minimum Gasteiger partial charge on any atom is -0.476 e. The number of nitrogens with zero attached hydrogens (tertiary/aromatic N) is 2. The highest BCUT2D eigenvalue weighted by atomic mass is 32.2. The Morgan fingerprint density at radius 2 is 1.61 bits per heavy atom. The van der Waals surface area contributed by atoms with Gasteiger partial charge in [-0.05, 0) is 73.0 Å². The number of sulfonamides is 1. The molecule has 4 aromatic rings. The van der Waals surface area contributed by atoms with Crippen molar-refractivity contribution in [2.45, 2.75) is 24.3 Å². The van der Waals surface area contributed by atoms with E-state index in [4.69, 9.17) is 4.74 Å². The zero-order chi connectivity index (χ0) is 25.1. The Kier molecular flexibility index (Phi) is 6.43. The smallest absolute Gasteiger partial charge is 0.267 e. The maximum atomic E-state index is 13.5. The third-order valence-electron chi connectivity index (χ3n) is 6.02. The highest BCUT2D eigenvalue weighted by Gasteiger charge is 2.37. The number of para-hydroxylation sites is 2. The van der Waals surface area contributed by atoms with Gasteiger partial charge in [-0.3, -0.25) is 14.1 Å². The molecule has 1 aromatic heterocycles. The SMILES string of the molecule is Cc1ccc(S(=O)(=O)N2C[C@H](C(=O)Nc3ccc(Cc4ccncc4)cc3)Oc3ccccc32)cc1. The molecule has 7 nitrogen and oxygen atoms in total. The number of hydrogen-bond donors (Lipinski definition) is 1. The third kappa shape index (κ3) is 4.94. The number of carbonyl (C=O) groups is 1. The van der Waals surface area contributed by atoms with Crippen molar-refractivity contribution in [2.24, 2.45) is 0 Å². The largest absolute Gasteiger partial charge is 0.476 e. The second-order valence-corrected chi connectivity index (χ2v) is 10.5. The number of hydrogen-bond acceptors (Lipinski definition) is 5. The van der Waals surface area contributed by atoms with E-state index in [-0.39, 0.29) is 11.4 Å². The van der Waals surface area contributed by atoms with E-state index in [0.717, 1.165) is 23.1 Å². The van der Waals surface area contributed by atoms with Gasteiger partial charge in [0.05, 0.1) is 17.1 Å². The van der Waals surface area contributed by atoms with E-state index in [1.165, 1.54) is 4.31 Å². The van der Waals surface area contributed by atoms with Crippen LogP contribution in [0.4, 0.5) is 11.4 Å². The van der Waals surface area contributed by atoms with Crippen LogP contribution in [0.25, 0.3) is 0 Å². The second kappa shape index (κ2) is 9.83. The molecule has 2 heterocycles. The van der Waals surface area contributed by atoms with Crippen LogP contribution in [0, 0.1) is 6.92 Å². The molecular weight excluding hydrogens is 474 g/mol. The molecule has 182 valence electrons. The minimum atomic E-state index is -3.90. The lowest BCUT2D eigenvalue weighted by Gasteiger charge is -2.34. The molecular formula is C28H25N3O4S. The van der Waals surface area contributed by atoms with Gasteiger partial charge in [0.1, 0.15) is 5.75 Å². The quantitative estimate of drug-likeness (QED) is 0.420. The van der Waals surface area contributed by atoms with Crippen molar-refractivity contribution in [1.82, 2.24) is 4.98 Å². The van der Waals surface area contributed by atoms with E-state index in [0.29, 0.717) is 17.1 Å². The van der Waals surface area contributed by atoms with Crippen LogP contribution in [0.1, 0.15) is 16.7 Å². The predicted molar refractivity (Wildman–Crippen MR) is 139 cm³/mol. The fraction of sp³-hybridized carbons (Fsp3) is 0.143. The summed E-state index contributed by atoms with van der Waals surface area (Å²) in [4.78, 5) is 17.3. The summed E-state index contributed by atoms with van der Waals surface area (Å²) in [5, 5.41) is 2.86. The summed E-state index contributed by atoms with van der Waals surface area (Å²) < 4.78 is 34.2. The van der Waals surface area contributed by atoms with E-state index in [9.17, 15) is 13.2 Å². The van der Waals surface area contributed by atoms with Crippen LogP contribution in [0.15, 0.2) is 102 Å². The first-order chi connectivity index (χ1) is 17.4. The Labute approximate surface area is 210 Å². The Morgan fingerprint density at radius 3 is 2.33 bits per heavy atom. The Bertz CT molecular complexity index is 1470. The molecule has 8 heteroatoms. The number of carbonyl (C=O) groups excluding carboxylic acids is 1. The number of fused-ring (bicyclic) bond motifs is 1. The van der Waals surface area contributed by atoms with E-state index >= 15 is 0 Å². The molecule has 1 atom stereocenters. The first-order valence-corrected chi connectivity index (χ1v) is 13.0. The predicted octanol–water partition coefficient (Wildman–Crippen LogP) is 4.58. The number of pyridine rings is 1. The number of amides is 1. The Hall–Kier alpha value is -4.17. The molecule has 0 saturated carbocycles. The highest BCUT2D eigenvalue weighted by Crippen LogP contribution is 2.37. The number of anilines is 2. The summed E-state index contributed by atoms with van der Waals surface area (Å²) in [5.74, 6) is -0.0808. The maximum absolute atomic E-state index is 13.5. The fourth-order valence-corrected chi connectivity index (χ4v) is 5.54. The van der Waals surface area contributed by atoms with Crippen molar-refractivity contribution in [2.75, 3.05) is 16.2 Å². The van der Waals surface area contributed by atoms with Crippen LogP contribution < -0.4 is 14.4 Å². The van der Waals surface area contributed by atoms with E-state index < -0.39 is 22.0 Å². The van der Waals surface area contributed by atoms with Crippen LogP contribution in [-0.4, -0.2) is 32.0 Å². The lowest BCUT2D eigenvalue weighted by atomic mass is 10.1. The summed E-state index contributed by atoms with van der Waals surface area (Å²) in [5.41, 5.74) is 4.21. The average molecular weight is 500 g/mol. The number of benzene rings is 3. The van der Waals surface area contributed by atoms with Crippen molar-refractivity contribution in [3.8, 4) is 5.75 Å². The van der Waals surface area contributed by atoms with Crippen molar-refractivity contribution in [3.05, 3.63) is 114 Å². The molecule has 0 fully saturated rings. The van der Waals surface area contributed by atoms with Gasteiger partial charge in [0.2, 0.25) is 0 Å². The minimum absolute atomic E-state index is 0.140. The topological polar surface area (TPSA) is 88.6 Å². The molecule has 0 radical (unpaired) electrons. The third-order valence-corrected chi connectivity index (χ3v) is 7.81. The lowest BCUT2D eigenvalue weighted by molar-refractivity contribution is -0.122. The molecule has 0 unspecified atom stereocenters. The molecule has 0 bridgehead atoms. The van der Waals surface area contributed by atoms with Crippen molar-refractivity contribution < 1.29 is 17.9 Å². The monoisotopic (exact) mass is 499 g/mol. The summed E-state index contributed by atoms with van der Waals surface area (Å²) in [6.45, 7) is 1.76. The van der Waals surface area contributed by atoms with Crippen molar-refractivity contribution >= 4 is 27.3 Å². The van der Waals surface area contributed by atoms with Gasteiger partial charge in [0.25, 0.3) is 15.9 Å². The summed E-state index contributed by atoms with van der Waals surface area (Å²) in [6, 6.07) is 25.0. The molecule has 1 aliphatic rings. The number of ether oxygens (including phenoxy) is 1. The number of aromatic nitrogens is 1. The molecule has 5 rings (SSSR count). The van der Waals surface area contributed by atoms with Gasteiger partial charge in [-0.1, -0.05) is 42.0 Å². The number of nitrogens with one attached hydrogen (secondary N) is 1. The average Bonchev–Trinajstić information content (AvgIpc) is 2.90. The van der Waals surface area contributed by atoms with Gasteiger partial charge in [0.15, 0.2) is 6.10 Å². The van der Waals surface area contributed by atoms with Gasteiger partial charge >= 0.3 is 0 Å². The van der Waals surface area contributed by atoms with Crippen LogP contribution in [0.3, 0.4) is 0 Å². The Morgan fingerprint density at radius 1 is 0.944 bits per heavy atom. The standard InChI is InChI=1S/C28H25N3O4S/c1-20-6-12-24(13-7-20)36(33,34)31-19-27(35-26-5-3-2-4-25(26)31)28(32)30-23-10-8-21(9-11-23)18-22-14-16-29-17-15-22/h2-17,27H,18-19H2,1H3,(H,30,32)/t27-/m1/s1. The van der Waals surface area contributed by atoms with Crippen LogP contribution in [0.5, 0.6) is 5.75 Å².